The molecule has 0 heterocycles. The van der Waals surface area contributed by atoms with Gasteiger partial charge in [0, 0.05) is 12.1 Å². The zero-order valence-electron chi connectivity index (χ0n) is 11.1. The normalized spacial score (nSPS) is 10.3. The number of hydrogen-bond donors (Lipinski definition) is 1. The Kier molecular flexibility index (Phi) is 5.05. The highest BCUT2D eigenvalue weighted by molar-refractivity contribution is 6.42. The van der Waals surface area contributed by atoms with Crippen molar-refractivity contribution in [1.82, 2.24) is 0 Å². The van der Waals surface area contributed by atoms with E-state index in [1.165, 1.54) is 0 Å². The summed E-state index contributed by atoms with van der Waals surface area (Å²) in [5, 5.41) is 3.93. The van der Waals surface area contributed by atoms with E-state index in [0.29, 0.717) is 16.5 Å². The molecule has 2 aromatic carbocycles. The third-order valence-electron chi connectivity index (χ3n) is 2.90. The predicted molar refractivity (Wildman–Crippen MR) is 85.4 cm³/mol. The Balaban J connectivity index is 2.15. The van der Waals surface area contributed by atoms with E-state index in [1.54, 1.807) is 6.07 Å². The van der Waals surface area contributed by atoms with Gasteiger partial charge in [-0.2, -0.15) is 0 Å². The van der Waals surface area contributed by atoms with Crippen molar-refractivity contribution in [3.63, 3.8) is 0 Å². The van der Waals surface area contributed by atoms with Gasteiger partial charge in [0.15, 0.2) is 0 Å². The largest absolute Gasteiger partial charge is 0.326 e. The van der Waals surface area contributed by atoms with Gasteiger partial charge in [0.05, 0.1) is 10.0 Å². The lowest BCUT2D eigenvalue weighted by Crippen LogP contribution is -2.10. The average Bonchev–Trinajstić information content (AvgIpc) is 2.43. The van der Waals surface area contributed by atoms with Crippen LogP contribution in [0.2, 0.25) is 10.0 Å². The summed E-state index contributed by atoms with van der Waals surface area (Å²) in [6.45, 7) is 1.98. The van der Waals surface area contributed by atoms with Crippen molar-refractivity contribution < 1.29 is 4.79 Å². The third-order valence-corrected chi connectivity index (χ3v) is 3.64. The molecule has 1 N–H and O–H groups in total. The van der Waals surface area contributed by atoms with Gasteiger partial charge in [0.2, 0.25) is 5.91 Å². The molecule has 0 bridgehead atoms. The van der Waals surface area contributed by atoms with E-state index < -0.39 is 0 Å². The van der Waals surface area contributed by atoms with E-state index in [9.17, 15) is 4.79 Å². The summed E-state index contributed by atoms with van der Waals surface area (Å²) in [5.74, 6) is 0.0368. The minimum atomic E-state index is 0.0368. The molecular weight excluding hydrogens is 293 g/mol. The molecule has 0 unspecified atom stereocenters. The van der Waals surface area contributed by atoms with Crippen LogP contribution in [0.15, 0.2) is 42.5 Å². The number of carbonyl (C=O) groups is 1. The van der Waals surface area contributed by atoms with E-state index in [0.717, 1.165) is 23.2 Å². The zero-order chi connectivity index (χ0) is 14.5. The third kappa shape index (κ3) is 3.75. The van der Waals surface area contributed by atoms with Crippen LogP contribution >= 0.6 is 23.2 Å². The molecule has 0 aliphatic rings. The van der Waals surface area contributed by atoms with Crippen molar-refractivity contribution >= 4 is 34.8 Å². The second-order valence-corrected chi connectivity index (χ2v) is 5.32. The van der Waals surface area contributed by atoms with Crippen LogP contribution in [-0.2, 0) is 4.79 Å². The molecule has 0 radical (unpaired) electrons. The number of rotatable bonds is 4. The SMILES string of the molecule is CCCC(=O)Nc1ccc(-c2ccc(Cl)c(Cl)c2)cc1. The maximum atomic E-state index is 11.5. The molecule has 2 rings (SSSR count). The van der Waals surface area contributed by atoms with Crippen molar-refractivity contribution in [3.8, 4) is 11.1 Å². The van der Waals surface area contributed by atoms with Gasteiger partial charge in [-0.1, -0.05) is 48.3 Å². The summed E-state index contributed by atoms with van der Waals surface area (Å²) in [4.78, 5) is 11.5. The smallest absolute Gasteiger partial charge is 0.224 e. The summed E-state index contributed by atoms with van der Waals surface area (Å²) >= 11 is 11.9. The van der Waals surface area contributed by atoms with Crippen molar-refractivity contribution in [1.29, 1.82) is 0 Å². The number of anilines is 1. The summed E-state index contributed by atoms with van der Waals surface area (Å²) in [7, 11) is 0. The van der Waals surface area contributed by atoms with Crippen molar-refractivity contribution in [2.75, 3.05) is 5.32 Å². The van der Waals surface area contributed by atoms with Gasteiger partial charge in [-0.25, -0.2) is 0 Å². The summed E-state index contributed by atoms with van der Waals surface area (Å²) in [5.41, 5.74) is 2.81. The lowest BCUT2D eigenvalue weighted by Gasteiger charge is -2.07. The lowest BCUT2D eigenvalue weighted by atomic mass is 10.1. The number of hydrogen-bond acceptors (Lipinski definition) is 1. The van der Waals surface area contributed by atoms with Crippen LogP contribution in [-0.4, -0.2) is 5.91 Å². The Morgan fingerprint density at radius 2 is 1.65 bits per heavy atom. The first-order chi connectivity index (χ1) is 9.60. The van der Waals surface area contributed by atoms with Crippen molar-refractivity contribution in [2.24, 2.45) is 0 Å². The molecule has 0 aromatic heterocycles. The Bertz CT molecular complexity index is 608. The van der Waals surface area contributed by atoms with Crippen molar-refractivity contribution in [2.45, 2.75) is 19.8 Å². The fourth-order valence-electron chi connectivity index (χ4n) is 1.87. The molecule has 104 valence electrons. The van der Waals surface area contributed by atoms with E-state index in [4.69, 9.17) is 23.2 Å². The average molecular weight is 308 g/mol. The molecule has 0 saturated carbocycles. The van der Waals surface area contributed by atoms with Crippen LogP contribution in [0.25, 0.3) is 11.1 Å². The summed E-state index contributed by atoms with van der Waals surface area (Å²) in [6.07, 6.45) is 1.38. The molecule has 1 amide bonds. The van der Waals surface area contributed by atoms with Crippen molar-refractivity contribution in [3.05, 3.63) is 52.5 Å². The molecule has 0 aliphatic heterocycles. The number of benzene rings is 2. The van der Waals surface area contributed by atoms with E-state index >= 15 is 0 Å². The van der Waals surface area contributed by atoms with Crippen LogP contribution in [0, 0.1) is 0 Å². The highest BCUT2D eigenvalue weighted by atomic mass is 35.5. The highest BCUT2D eigenvalue weighted by Gasteiger charge is 2.04. The molecule has 0 saturated heterocycles. The number of carbonyl (C=O) groups excluding carboxylic acids is 1. The zero-order valence-corrected chi connectivity index (χ0v) is 12.6. The summed E-state index contributed by atoms with van der Waals surface area (Å²) < 4.78 is 0. The van der Waals surface area contributed by atoms with Gasteiger partial charge in [-0.05, 0) is 41.8 Å². The predicted octanol–water partition coefficient (Wildman–Crippen LogP) is 5.40. The number of amides is 1. The molecule has 0 aliphatic carbocycles. The van der Waals surface area contributed by atoms with Gasteiger partial charge in [0.1, 0.15) is 0 Å². The first-order valence-electron chi connectivity index (χ1n) is 6.45. The Labute approximate surface area is 128 Å². The highest BCUT2D eigenvalue weighted by Crippen LogP contribution is 2.29. The maximum absolute atomic E-state index is 11.5. The Hall–Kier alpha value is -1.51. The van der Waals surface area contributed by atoms with Crippen LogP contribution in [0.1, 0.15) is 19.8 Å². The first kappa shape index (κ1) is 14.9. The van der Waals surface area contributed by atoms with E-state index in [-0.39, 0.29) is 5.91 Å². The fourth-order valence-corrected chi connectivity index (χ4v) is 2.17. The molecular formula is C16H15Cl2NO. The lowest BCUT2D eigenvalue weighted by molar-refractivity contribution is -0.116. The van der Waals surface area contributed by atoms with E-state index in [2.05, 4.69) is 5.32 Å². The second kappa shape index (κ2) is 6.78. The van der Waals surface area contributed by atoms with Gasteiger partial charge < -0.3 is 5.32 Å². The summed E-state index contributed by atoms with van der Waals surface area (Å²) in [6, 6.07) is 13.2. The number of nitrogens with one attached hydrogen (secondary N) is 1. The van der Waals surface area contributed by atoms with E-state index in [1.807, 2.05) is 43.3 Å². The molecule has 0 fully saturated rings. The molecule has 4 heteroatoms. The number of halogens is 2. The quantitative estimate of drug-likeness (QED) is 0.805. The Morgan fingerprint density at radius 1 is 1.00 bits per heavy atom. The van der Waals surface area contributed by atoms with Crippen LogP contribution in [0.5, 0.6) is 0 Å². The molecule has 0 spiro atoms. The molecule has 20 heavy (non-hydrogen) atoms. The van der Waals surface area contributed by atoms with Gasteiger partial charge in [-0.3, -0.25) is 4.79 Å². The van der Waals surface area contributed by atoms with Crippen LogP contribution in [0.4, 0.5) is 5.69 Å². The second-order valence-electron chi connectivity index (χ2n) is 4.50. The molecule has 2 aromatic rings. The first-order valence-corrected chi connectivity index (χ1v) is 7.21. The van der Waals surface area contributed by atoms with Gasteiger partial charge in [-0.15, -0.1) is 0 Å². The fraction of sp³-hybridized carbons (Fsp3) is 0.188. The molecule has 0 atom stereocenters. The minimum absolute atomic E-state index is 0.0368. The van der Waals surface area contributed by atoms with Crippen LogP contribution < -0.4 is 5.32 Å². The molecule has 2 nitrogen and oxygen atoms in total. The Morgan fingerprint density at radius 3 is 2.25 bits per heavy atom. The topological polar surface area (TPSA) is 29.1 Å². The van der Waals surface area contributed by atoms with Gasteiger partial charge in [0.25, 0.3) is 0 Å². The van der Waals surface area contributed by atoms with Crippen LogP contribution in [0.3, 0.4) is 0 Å². The maximum Gasteiger partial charge on any atom is 0.224 e. The van der Waals surface area contributed by atoms with Gasteiger partial charge >= 0.3 is 0 Å². The minimum Gasteiger partial charge on any atom is -0.326 e. The monoisotopic (exact) mass is 307 g/mol. The standard InChI is InChI=1S/C16H15Cl2NO/c1-2-3-16(20)19-13-7-4-11(5-8-13)12-6-9-14(17)15(18)10-12/h4-10H,2-3H2,1H3,(H,19,20).